The minimum Gasteiger partial charge on any atom is -0.332 e. The lowest BCUT2D eigenvalue weighted by Gasteiger charge is -2.56. The van der Waals surface area contributed by atoms with Gasteiger partial charge in [0.15, 0.2) is 0 Å². The molecule has 5 fully saturated rings. The topological polar surface area (TPSA) is 58.2 Å². The zero-order valence-corrected chi connectivity index (χ0v) is 14.6. The largest absolute Gasteiger partial charge is 0.332 e. The monoisotopic (exact) mass is 336 g/mol. The van der Waals surface area contributed by atoms with Crippen LogP contribution in [-0.4, -0.2) is 28.5 Å². The van der Waals surface area contributed by atoms with Crippen LogP contribution in [0.3, 0.4) is 0 Å². The van der Waals surface area contributed by atoms with Crippen molar-refractivity contribution in [2.75, 3.05) is 5.75 Å². The molecular formula is C18H28N2O2S. The van der Waals surface area contributed by atoms with Crippen LogP contribution in [0.4, 0.5) is 4.79 Å². The third-order valence-corrected chi connectivity index (χ3v) is 7.79. The molecule has 5 aliphatic carbocycles. The molecule has 0 aromatic heterocycles. The maximum Gasteiger partial charge on any atom is 0.321 e. The third kappa shape index (κ3) is 3.54. The Bertz CT molecular complexity index is 452. The number of hydrogen-bond acceptors (Lipinski definition) is 3. The Morgan fingerprint density at radius 1 is 0.957 bits per heavy atom. The Balaban J connectivity index is 1.25. The molecule has 128 valence electrons. The van der Waals surface area contributed by atoms with Gasteiger partial charge in [-0.15, -0.1) is 11.8 Å². The van der Waals surface area contributed by atoms with Crippen molar-refractivity contribution in [2.24, 2.45) is 17.8 Å². The van der Waals surface area contributed by atoms with Gasteiger partial charge in [0.25, 0.3) is 0 Å². The van der Waals surface area contributed by atoms with Gasteiger partial charge in [-0.3, -0.25) is 10.1 Å². The number of carbonyl (C=O) groups excluding carboxylic acids is 2. The van der Waals surface area contributed by atoms with Crippen LogP contribution in [0.15, 0.2) is 0 Å². The van der Waals surface area contributed by atoms with Crippen LogP contribution in [0, 0.1) is 17.8 Å². The molecule has 5 rings (SSSR count). The Morgan fingerprint density at radius 3 is 2.09 bits per heavy atom. The van der Waals surface area contributed by atoms with Crippen molar-refractivity contribution in [3.05, 3.63) is 0 Å². The highest BCUT2D eigenvalue weighted by Gasteiger charge is 2.51. The number of amides is 3. The number of nitrogens with one attached hydrogen (secondary N) is 2. The van der Waals surface area contributed by atoms with Gasteiger partial charge in [0, 0.05) is 10.8 Å². The first-order valence-corrected chi connectivity index (χ1v) is 10.4. The normalized spacial score (nSPS) is 38.7. The Morgan fingerprint density at radius 2 is 1.52 bits per heavy atom. The van der Waals surface area contributed by atoms with Crippen LogP contribution >= 0.6 is 11.8 Å². The molecule has 5 aliphatic rings. The second-order valence-electron chi connectivity index (χ2n) is 8.42. The van der Waals surface area contributed by atoms with E-state index in [4.69, 9.17) is 0 Å². The molecule has 0 atom stereocenters. The van der Waals surface area contributed by atoms with Crippen LogP contribution in [0.25, 0.3) is 0 Å². The first-order valence-electron chi connectivity index (χ1n) is 9.34. The van der Waals surface area contributed by atoms with Crippen molar-refractivity contribution < 1.29 is 9.59 Å². The van der Waals surface area contributed by atoms with E-state index in [1.807, 2.05) is 0 Å². The van der Waals surface area contributed by atoms with Gasteiger partial charge >= 0.3 is 6.03 Å². The Hall–Kier alpha value is -0.710. The summed E-state index contributed by atoms with van der Waals surface area (Å²) in [7, 11) is 0. The van der Waals surface area contributed by atoms with E-state index < -0.39 is 0 Å². The second kappa shape index (κ2) is 6.30. The van der Waals surface area contributed by atoms with Gasteiger partial charge in [-0.1, -0.05) is 12.8 Å². The predicted octanol–water partition coefficient (Wildman–Crippen LogP) is 3.46. The summed E-state index contributed by atoms with van der Waals surface area (Å²) in [6.07, 6.45) is 12.5. The zero-order chi connectivity index (χ0) is 15.9. The van der Waals surface area contributed by atoms with Crippen molar-refractivity contribution in [3.63, 3.8) is 0 Å². The molecule has 23 heavy (non-hydrogen) atoms. The van der Waals surface area contributed by atoms with E-state index in [2.05, 4.69) is 10.6 Å². The highest BCUT2D eigenvalue weighted by Crippen LogP contribution is 2.55. The number of carbonyl (C=O) groups is 2. The van der Waals surface area contributed by atoms with Crippen molar-refractivity contribution in [1.82, 2.24) is 10.6 Å². The van der Waals surface area contributed by atoms with E-state index in [1.54, 1.807) is 11.8 Å². The fraction of sp³-hybridized carbons (Fsp3) is 0.889. The first kappa shape index (κ1) is 15.8. The van der Waals surface area contributed by atoms with Crippen molar-refractivity contribution in [1.29, 1.82) is 0 Å². The molecule has 0 aromatic carbocycles. The molecule has 0 radical (unpaired) electrons. The Kier molecular flexibility index (Phi) is 4.33. The molecule has 0 saturated heterocycles. The molecule has 2 N–H and O–H groups in total. The van der Waals surface area contributed by atoms with Gasteiger partial charge in [-0.25, -0.2) is 4.79 Å². The van der Waals surface area contributed by atoms with E-state index in [1.165, 1.54) is 44.9 Å². The fourth-order valence-electron chi connectivity index (χ4n) is 5.95. The summed E-state index contributed by atoms with van der Waals surface area (Å²) in [4.78, 5) is 24.3. The van der Waals surface area contributed by atoms with E-state index in [0.29, 0.717) is 11.0 Å². The zero-order valence-electron chi connectivity index (χ0n) is 13.8. The number of urea groups is 1. The lowest BCUT2D eigenvalue weighted by atomic mass is 9.53. The SMILES string of the molecule is O=C(CSC1CCCC1)NC(=O)NC12CC3CC(CC(C3)C1)C2. The highest BCUT2D eigenvalue weighted by molar-refractivity contribution is 8.00. The van der Waals surface area contributed by atoms with Crippen molar-refractivity contribution in [3.8, 4) is 0 Å². The highest BCUT2D eigenvalue weighted by atomic mass is 32.2. The number of thioether (sulfide) groups is 1. The summed E-state index contributed by atoms with van der Waals surface area (Å²) < 4.78 is 0. The van der Waals surface area contributed by atoms with Crippen LogP contribution in [0.5, 0.6) is 0 Å². The standard InChI is InChI=1S/C18H28N2O2S/c21-16(11-23-15-3-1-2-4-15)19-17(22)20-18-8-12-5-13(9-18)7-14(6-12)10-18/h12-15H,1-11H2,(H2,19,20,21,22). The maximum atomic E-state index is 12.3. The average molecular weight is 337 g/mol. The molecular weight excluding hydrogens is 308 g/mol. The average Bonchev–Trinajstić information content (AvgIpc) is 2.96. The third-order valence-electron chi connectivity index (χ3n) is 6.42. The van der Waals surface area contributed by atoms with E-state index in [0.717, 1.165) is 37.0 Å². The molecule has 0 heterocycles. The van der Waals surface area contributed by atoms with Gasteiger partial charge in [-0.2, -0.15) is 0 Å². The summed E-state index contributed by atoms with van der Waals surface area (Å²) in [5, 5.41) is 6.39. The van der Waals surface area contributed by atoms with Crippen molar-refractivity contribution in [2.45, 2.75) is 75.0 Å². The van der Waals surface area contributed by atoms with Crippen LogP contribution in [0.2, 0.25) is 0 Å². The maximum absolute atomic E-state index is 12.3. The number of hydrogen-bond donors (Lipinski definition) is 2. The summed E-state index contributed by atoms with van der Waals surface area (Å²) in [6, 6.07) is -0.260. The second-order valence-corrected chi connectivity index (χ2v) is 9.71. The molecule has 4 bridgehead atoms. The molecule has 5 saturated carbocycles. The summed E-state index contributed by atoms with van der Waals surface area (Å²) in [5.41, 5.74) is -0.0162. The van der Waals surface area contributed by atoms with Gasteiger partial charge in [0.2, 0.25) is 5.91 Å². The molecule has 0 aromatic rings. The number of imide groups is 1. The lowest BCUT2D eigenvalue weighted by Crippen LogP contribution is -2.61. The fourth-order valence-corrected chi connectivity index (χ4v) is 7.07. The van der Waals surface area contributed by atoms with E-state index in [9.17, 15) is 9.59 Å². The Labute approximate surface area is 142 Å². The summed E-state index contributed by atoms with van der Waals surface area (Å²) in [5.74, 6) is 2.68. The van der Waals surface area contributed by atoms with Crippen LogP contribution < -0.4 is 10.6 Å². The molecule has 3 amide bonds. The van der Waals surface area contributed by atoms with Crippen LogP contribution in [-0.2, 0) is 4.79 Å². The summed E-state index contributed by atoms with van der Waals surface area (Å²) >= 11 is 1.71. The smallest absolute Gasteiger partial charge is 0.321 e. The molecule has 5 heteroatoms. The minimum absolute atomic E-state index is 0.0162. The van der Waals surface area contributed by atoms with E-state index >= 15 is 0 Å². The van der Waals surface area contributed by atoms with Gasteiger partial charge in [0.1, 0.15) is 0 Å². The lowest BCUT2D eigenvalue weighted by molar-refractivity contribution is -0.117. The van der Waals surface area contributed by atoms with Crippen molar-refractivity contribution >= 4 is 23.7 Å². The van der Waals surface area contributed by atoms with Gasteiger partial charge < -0.3 is 5.32 Å². The van der Waals surface area contributed by atoms with E-state index in [-0.39, 0.29) is 17.5 Å². The quantitative estimate of drug-likeness (QED) is 0.826. The van der Waals surface area contributed by atoms with Crippen LogP contribution in [0.1, 0.15) is 64.2 Å². The van der Waals surface area contributed by atoms with Gasteiger partial charge in [0.05, 0.1) is 5.75 Å². The first-order chi connectivity index (χ1) is 11.1. The predicted molar refractivity (Wildman–Crippen MR) is 92.3 cm³/mol. The molecule has 0 aliphatic heterocycles. The minimum atomic E-state index is -0.260. The molecule has 0 unspecified atom stereocenters. The molecule has 0 spiro atoms. The molecule has 4 nitrogen and oxygen atoms in total. The van der Waals surface area contributed by atoms with Gasteiger partial charge in [-0.05, 0) is 69.1 Å². The number of rotatable bonds is 4. The summed E-state index contributed by atoms with van der Waals surface area (Å²) in [6.45, 7) is 0.